The maximum atomic E-state index is 11.8. The van der Waals surface area contributed by atoms with Crippen molar-refractivity contribution in [2.75, 3.05) is 19.0 Å². The van der Waals surface area contributed by atoms with E-state index in [0.717, 1.165) is 22.1 Å². The lowest BCUT2D eigenvalue weighted by Crippen LogP contribution is -2.35. The monoisotopic (exact) mass is 305 g/mol. The molecule has 7 heteroatoms. The predicted molar refractivity (Wildman–Crippen MR) is 84.5 cm³/mol. The molecule has 2 rings (SSSR count). The highest BCUT2D eigenvalue weighted by Crippen LogP contribution is 2.13. The number of pyridine rings is 1. The maximum Gasteiger partial charge on any atom is 0.315 e. The fourth-order valence-electron chi connectivity index (χ4n) is 1.85. The predicted octanol–water partition coefficient (Wildman–Crippen LogP) is 1.91. The summed E-state index contributed by atoms with van der Waals surface area (Å²) < 4.78 is 0. The Morgan fingerprint density at radius 1 is 1.33 bits per heavy atom. The van der Waals surface area contributed by atoms with Gasteiger partial charge in [-0.15, -0.1) is 11.3 Å². The zero-order chi connectivity index (χ0) is 15.2. The minimum absolute atomic E-state index is 0.212. The van der Waals surface area contributed by atoms with Crippen LogP contribution in [0.5, 0.6) is 0 Å². The molecule has 2 heterocycles. The van der Waals surface area contributed by atoms with Gasteiger partial charge in [0, 0.05) is 43.5 Å². The Labute approximate surface area is 128 Å². The van der Waals surface area contributed by atoms with E-state index in [4.69, 9.17) is 0 Å². The lowest BCUT2D eigenvalue weighted by atomic mass is 10.2. The standard InChI is InChI=1S/C14H19N5OS/c1-10-9-21-12(18-10)8-17-14(20)16-7-11-5-4-6-15-13(11)19(2)3/h4-6,9H,7-8H2,1-3H3,(H2,16,17,20). The van der Waals surface area contributed by atoms with Crippen molar-refractivity contribution < 1.29 is 4.79 Å². The first-order chi connectivity index (χ1) is 10.1. The summed E-state index contributed by atoms with van der Waals surface area (Å²) >= 11 is 1.54. The van der Waals surface area contributed by atoms with Crippen LogP contribution in [0.3, 0.4) is 0 Å². The molecule has 2 N–H and O–H groups in total. The number of amides is 2. The van der Waals surface area contributed by atoms with Crippen LogP contribution in [0.25, 0.3) is 0 Å². The molecule has 0 aliphatic rings. The van der Waals surface area contributed by atoms with Crippen molar-refractivity contribution in [3.63, 3.8) is 0 Å². The summed E-state index contributed by atoms with van der Waals surface area (Å²) in [4.78, 5) is 22.3. The molecule has 0 spiro atoms. The number of hydrogen-bond donors (Lipinski definition) is 2. The number of nitrogens with zero attached hydrogens (tertiary/aromatic N) is 3. The van der Waals surface area contributed by atoms with Crippen LogP contribution < -0.4 is 15.5 Å². The number of nitrogens with one attached hydrogen (secondary N) is 2. The van der Waals surface area contributed by atoms with Crippen LogP contribution >= 0.6 is 11.3 Å². The molecule has 0 fully saturated rings. The fourth-order valence-corrected chi connectivity index (χ4v) is 2.56. The molecule has 0 saturated carbocycles. The minimum atomic E-state index is -0.212. The second-order valence-electron chi connectivity index (χ2n) is 4.80. The summed E-state index contributed by atoms with van der Waals surface area (Å²) in [6, 6.07) is 3.60. The Hall–Kier alpha value is -2.15. The van der Waals surface area contributed by atoms with Gasteiger partial charge >= 0.3 is 6.03 Å². The van der Waals surface area contributed by atoms with Gasteiger partial charge in [-0.05, 0) is 13.0 Å². The molecule has 21 heavy (non-hydrogen) atoms. The number of aryl methyl sites for hydroxylation is 1. The Bertz CT molecular complexity index is 611. The van der Waals surface area contributed by atoms with Crippen LogP contribution in [0.15, 0.2) is 23.7 Å². The van der Waals surface area contributed by atoms with E-state index in [1.54, 1.807) is 17.5 Å². The van der Waals surface area contributed by atoms with Crippen molar-refractivity contribution in [1.82, 2.24) is 20.6 Å². The number of rotatable bonds is 5. The van der Waals surface area contributed by atoms with E-state index in [1.807, 2.05) is 43.4 Å². The molecule has 0 radical (unpaired) electrons. The number of hydrogen-bond acceptors (Lipinski definition) is 5. The topological polar surface area (TPSA) is 70.2 Å². The van der Waals surface area contributed by atoms with Crippen molar-refractivity contribution >= 4 is 23.2 Å². The number of urea groups is 1. The van der Waals surface area contributed by atoms with Crippen molar-refractivity contribution in [2.24, 2.45) is 0 Å². The van der Waals surface area contributed by atoms with Gasteiger partial charge in [-0.25, -0.2) is 14.8 Å². The SMILES string of the molecule is Cc1csc(CNC(=O)NCc2cccnc2N(C)C)n1. The third-order valence-corrected chi connectivity index (χ3v) is 3.76. The van der Waals surface area contributed by atoms with Gasteiger partial charge in [0.1, 0.15) is 10.8 Å². The largest absolute Gasteiger partial charge is 0.362 e. The number of carbonyl (C=O) groups excluding carboxylic acids is 1. The molecule has 0 bridgehead atoms. The Morgan fingerprint density at radius 3 is 2.76 bits per heavy atom. The van der Waals surface area contributed by atoms with Gasteiger partial charge < -0.3 is 15.5 Å². The number of thiazole rings is 1. The molecule has 2 amide bonds. The second kappa shape index (κ2) is 7.03. The molecule has 0 unspecified atom stereocenters. The molecular weight excluding hydrogens is 286 g/mol. The van der Waals surface area contributed by atoms with Crippen LogP contribution in [0.2, 0.25) is 0 Å². The Morgan fingerprint density at radius 2 is 2.10 bits per heavy atom. The first-order valence-corrected chi connectivity index (χ1v) is 7.48. The van der Waals surface area contributed by atoms with E-state index >= 15 is 0 Å². The normalized spacial score (nSPS) is 10.2. The van der Waals surface area contributed by atoms with Gasteiger partial charge in [-0.2, -0.15) is 0 Å². The van der Waals surface area contributed by atoms with Crippen LogP contribution in [-0.2, 0) is 13.1 Å². The number of carbonyl (C=O) groups is 1. The molecule has 6 nitrogen and oxygen atoms in total. The highest BCUT2D eigenvalue weighted by Gasteiger charge is 2.07. The van der Waals surface area contributed by atoms with E-state index in [-0.39, 0.29) is 6.03 Å². The van der Waals surface area contributed by atoms with Crippen molar-refractivity contribution in [3.05, 3.63) is 40.0 Å². The zero-order valence-electron chi connectivity index (χ0n) is 12.4. The molecule has 0 saturated heterocycles. The maximum absolute atomic E-state index is 11.8. The summed E-state index contributed by atoms with van der Waals surface area (Å²) in [6.07, 6.45) is 1.74. The summed E-state index contributed by atoms with van der Waals surface area (Å²) in [5.41, 5.74) is 1.95. The number of anilines is 1. The highest BCUT2D eigenvalue weighted by molar-refractivity contribution is 7.09. The highest BCUT2D eigenvalue weighted by atomic mass is 32.1. The summed E-state index contributed by atoms with van der Waals surface area (Å²) in [5, 5.41) is 8.49. The first kappa shape index (κ1) is 15.2. The summed E-state index contributed by atoms with van der Waals surface area (Å²) in [7, 11) is 3.85. The van der Waals surface area contributed by atoms with Gasteiger partial charge in [0.05, 0.1) is 6.54 Å². The van der Waals surface area contributed by atoms with Gasteiger partial charge in [-0.3, -0.25) is 0 Å². The number of aromatic nitrogens is 2. The minimum Gasteiger partial charge on any atom is -0.362 e. The smallest absolute Gasteiger partial charge is 0.315 e. The quantitative estimate of drug-likeness (QED) is 0.885. The molecule has 2 aromatic heterocycles. The molecule has 0 aliphatic heterocycles. The molecule has 0 aliphatic carbocycles. The summed E-state index contributed by atoms with van der Waals surface area (Å²) in [5.74, 6) is 0.855. The van der Waals surface area contributed by atoms with Crippen LogP contribution in [0.1, 0.15) is 16.3 Å². The van der Waals surface area contributed by atoms with Crippen LogP contribution in [0, 0.1) is 6.92 Å². The van der Waals surface area contributed by atoms with Crippen molar-refractivity contribution in [3.8, 4) is 0 Å². The van der Waals surface area contributed by atoms with E-state index < -0.39 is 0 Å². The van der Waals surface area contributed by atoms with Crippen LogP contribution in [-0.4, -0.2) is 30.1 Å². The average Bonchev–Trinajstić information content (AvgIpc) is 2.88. The molecule has 0 atom stereocenters. The third-order valence-electron chi connectivity index (χ3n) is 2.80. The van der Waals surface area contributed by atoms with E-state index in [0.29, 0.717) is 13.1 Å². The lowest BCUT2D eigenvalue weighted by molar-refractivity contribution is 0.240. The van der Waals surface area contributed by atoms with E-state index in [9.17, 15) is 4.79 Å². The Balaban J connectivity index is 1.84. The Kier molecular flexibility index (Phi) is 5.10. The van der Waals surface area contributed by atoms with E-state index in [1.165, 1.54) is 0 Å². The van der Waals surface area contributed by atoms with Gasteiger partial charge in [-0.1, -0.05) is 6.07 Å². The molecule has 0 aromatic carbocycles. The lowest BCUT2D eigenvalue weighted by Gasteiger charge is -2.16. The van der Waals surface area contributed by atoms with Crippen LogP contribution in [0.4, 0.5) is 10.6 Å². The van der Waals surface area contributed by atoms with Crippen molar-refractivity contribution in [2.45, 2.75) is 20.0 Å². The fraction of sp³-hybridized carbons (Fsp3) is 0.357. The first-order valence-electron chi connectivity index (χ1n) is 6.60. The average molecular weight is 305 g/mol. The van der Waals surface area contributed by atoms with Crippen molar-refractivity contribution in [1.29, 1.82) is 0 Å². The van der Waals surface area contributed by atoms with Gasteiger partial charge in [0.2, 0.25) is 0 Å². The van der Waals surface area contributed by atoms with Gasteiger partial charge in [0.15, 0.2) is 0 Å². The van der Waals surface area contributed by atoms with Gasteiger partial charge in [0.25, 0.3) is 0 Å². The zero-order valence-corrected chi connectivity index (χ0v) is 13.2. The summed E-state index contributed by atoms with van der Waals surface area (Å²) in [6.45, 7) is 2.81. The third kappa shape index (κ3) is 4.42. The molecule has 112 valence electrons. The molecular formula is C14H19N5OS. The second-order valence-corrected chi connectivity index (χ2v) is 5.74. The molecule has 2 aromatic rings. The van der Waals surface area contributed by atoms with E-state index in [2.05, 4.69) is 20.6 Å².